The normalized spacial score (nSPS) is 20.5. The lowest BCUT2D eigenvalue weighted by Gasteiger charge is -2.34. The molecule has 4 rings (SSSR count). The molecule has 1 N–H and O–H groups in total. The van der Waals surface area contributed by atoms with E-state index in [2.05, 4.69) is 20.0 Å². The van der Waals surface area contributed by atoms with Crippen LogP contribution in [-0.2, 0) is 4.79 Å². The van der Waals surface area contributed by atoms with E-state index in [4.69, 9.17) is 0 Å². The van der Waals surface area contributed by atoms with Gasteiger partial charge in [-0.05, 0) is 18.4 Å². The van der Waals surface area contributed by atoms with Gasteiger partial charge in [-0.15, -0.1) is 0 Å². The second-order valence-corrected chi connectivity index (χ2v) is 6.67. The molecule has 0 spiro atoms. The third kappa shape index (κ3) is 3.24. The minimum Gasteiger partial charge on any atom is -0.356 e. The van der Waals surface area contributed by atoms with Crippen molar-refractivity contribution in [3.05, 3.63) is 58.6 Å². The Morgan fingerprint density at radius 2 is 1.92 bits per heavy atom. The summed E-state index contributed by atoms with van der Waals surface area (Å²) in [7, 11) is 0. The van der Waals surface area contributed by atoms with Crippen molar-refractivity contribution >= 4 is 17.9 Å². The van der Waals surface area contributed by atoms with Crippen LogP contribution in [-0.4, -0.2) is 40.2 Å². The van der Waals surface area contributed by atoms with E-state index in [0.717, 1.165) is 24.8 Å². The van der Waals surface area contributed by atoms with Crippen LogP contribution in [0.1, 0.15) is 30.9 Å². The molecule has 1 unspecified atom stereocenters. The Kier molecular flexibility index (Phi) is 4.51. The van der Waals surface area contributed by atoms with Gasteiger partial charge in [-0.1, -0.05) is 30.3 Å². The number of hydrogen-bond donors (Lipinski definition) is 1. The maximum Gasteiger partial charge on any atom is 0.252 e. The number of amides is 1. The molecule has 3 heterocycles. The second-order valence-electron chi connectivity index (χ2n) is 6.67. The molecule has 1 saturated heterocycles. The average Bonchev–Trinajstić information content (AvgIpc) is 3.18. The number of piperidine rings is 1. The molecule has 0 bridgehead atoms. The summed E-state index contributed by atoms with van der Waals surface area (Å²) in [5.74, 6) is 0.710. The Morgan fingerprint density at radius 3 is 2.65 bits per heavy atom. The van der Waals surface area contributed by atoms with Gasteiger partial charge in [0, 0.05) is 37.7 Å². The number of anilines is 1. The Hall–Kier alpha value is -2.96. The Labute approximate surface area is 151 Å². The number of carbonyl (C=O) groups excluding carboxylic acids is 1. The number of aromatic nitrogens is 2. The number of nitrogens with one attached hydrogen (secondary N) is 1. The lowest BCUT2D eigenvalue weighted by atomic mass is 9.94. The molecule has 26 heavy (non-hydrogen) atoms. The summed E-state index contributed by atoms with van der Waals surface area (Å²) in [4.78, 5) is 33.3. The maximum absolute atomic E-state index is 13.0. The van der Waals surface area contributed by atoms with Gasteiger partial charge >= 0.3 is 0 Å². The predicted octanol–water partition coefficient (Wildman–Crippen LogP) is 1.95. The highest BCUT2D eigenvalue weighted by Crippen LogP contribution is 2.32. The van der Waals surface area contributed by atoms with Gasteiger partial charge in [-0.25, -0.2) is 9.99 Å². The topological polar surface area (TPSA) is 81.7 Å². The number of nitrogens with zero attached hydrogens (tertiary/aromatic N) is 4. The number of H-pyrrole nitrogens is 1. The molecule has 0 aliphatic carbocycles. The van der Waals surface area contributed by atoms with Crippen molar-refractivity contribution in [1.82, 2.24) is 15.0 Å². The smallest absolute Gasteiger partial charge is 0.252 e. The van der Waals surface area contributed by atoms with E-state index in [1.54, 1.807) is 5.01 Å². The highest BCUT2D eigenvalue weighted by atomic mass is 16.2. The maximum atomic E-state index is 13.0. The molecule has 1 atom stereocenters. The Bertz CT molecular complexity index is 855. The van der Waals surface area contributed by atoms with E-state index in [0.29, 0.717) is 18.9 Å². The Morgan fingerprint density at radius 1 is 1.15 bits per heavy atom. The molecule has 7 nitrogen and oxygen atoms in total. The minimum absolute atomic E-state index is 0.00363. The largest absolute Gasteiger partial charge is 0.356 e. The van der Waals surface area contributed by atoms with Crippen LogP contribution in [0, 0.1) is 5.92 Å². The van der Waals surface area contributed by atoms with Crippen molar-refractivity contribution in [3.63, 3.8) is 0 Å². The SMILES string of the molecule is O=C(C1CCN(c2cc(=O)[nH]cn2)CC1)N1N=CCC1c1ccccc1. The molecule has 2 aromatic rings. The van der Waals surface area contributed by atoms with Gasteiger partial charge in [0.05, 0.1) is 12.4 Å². The third-order valence-electron chi connectivity index (χ3n) is 5.07. The zero-order valence-corrected chi connectivity index (χ0v) is 14.4. The van der Waals surface area contributed by atoms with Gasteiger partial charge in [0.2, 0.25) is 5.91 Å². The summed E-state index contributed by atoms with van der Waals surface area (Å²) in [6.45, 7) is 1.42. The molecule has 2 aliphatic rings. The van der Waals surface area contributed by atoms with E-state index in [1.165, 1.54) is 12.4 Å². The standard InChI is InChI=1S/C19H21N5O2/c25-18-12-17(20-13-21-18)23-10-7-15(8-11-23)19(26)24-16(6-9-22-24)14-4-2-1-3-5-14/h1-5,9,12-13,15-16H,6-8,10-11H2,(H,20,21,25). The van der Waals surface area contributed by atoms with Crippen LogP contribution in [0.5, 0.6) is 0 Å². The molecule has 1 aromatic heterocycles. The van der Waals surface area contributed by atoms with Crippen molar-refractivity contribution < 1.29 is 4.79 Å². The lowest BCUT2D eigenvalue weighted by Crippen LogP contribution is -2.41. The number of hydrogen-bond acceptors (Lipinski definition) is 5. The zero-order valence-electron chi connectivity index (χ0n) is 14.4. The van der Waals surface area contributed by atoms with Gasteiger partial charge in [-0.2, -0.15) is 5.10 Å². The summed E-state index contributed by atoms with van der Waals surface area (Å²) < 4.78 is 0. The highest BCUT2D eigenvalue weighted by molar-refractivity contribution is 5.82. The number of carbonyl (C=O) groups is 1. The van der Waals surface area contributed by atoms with E-state index in [-0.39, 0.29) is 23.4 Å². The predicted molar refractivity (Wildman–Crippen MR) is 98.9 cm³/mol. The lowest BCUT2D eigenvalue weighted by molar-refractivity contribution is -0.138. The van der Waals surface area contributed by atoms with Gasteiger partial charge in [0.25, 0.3) is 5.56 Å². The van der Waals surface area contributed by atoms with Crippen molar-refractivity contribution in [2.75, 3.05) is 18.0 Å². The number of benzene rings is 1. The molecule has 1 fully saturated rings. The molecular formula is C19H21N5O2. The van der Waals surface area contributed by atoms with Crippen LogP contribution in [0.4, 0.5) is 5.82 Å². The van der Waals surface area contributed by atoms with Crippen molar-refractivity contribution in [2.24, 2.45) is 11.0 Å². The third-order valence-corrected chi connectivity index (χ3v) is 5.07. The quantitative estimate of drug-likeness (QED) is 0.916. The van der Waals surface area contributed by atoms with Crippen LogP contribution in [0.2, 0.25) is 0 Å². The summed E-state index contributed by atoms with van der Waals surface area (Å²) in [5, 5.41) is 6.00. The van der Waals surface area contributed by atoms with Crippen LogP contribution in [0.15, 0.2) is 52.6 Å². The van der Waals surface area contributed by atoms with Gasteiger partial charge < -0.3 is 9.88 Å². The first-order valence-corrected chi connectivity index (χ1v) is 8.92. The molecule has 7 heteroatoms. The fraction of sp³-hybridized carbons (Fsp3) is 0.368. The summed E-state index contributed by atoms with van der Waals surface area (Å²) in [6.07, 6.45) is 5.47. The first-order chi connectivity index (χ1) is 12.7. The fourth-order valence-electron chi connectivity index (χ4n) is 3.65. The zero-order chi connectivity index (χ0) is 17.9. The van der Waals surface area contributed by atoms with Crippen LogP contribution < -0.4 is 10.5 Å². The first kappa shape index (κ1) is 16.5. The van der Waals surface area contributed by atoms with E-state index < -0.39 is 0 Å². The van der Waals surface area contributed by atoms with E-state index in [9.17, 15) is 9.59 Å². The molecule has 134 valence electrons. The van der Waals surface area contributed by atoms with Crippen molar-refractivity contribution in [3.8, 4) is 0 Å². The molecule has 0 radical (unpaired) electrons. The van der Waals surface area contributed by atoms with Gasteiger partial charge in [0.15, 0.2) is 0 Å². The molecule has 1 amide bonds. The van der Waals surface area contributed by atoms with Crippen LogP contribution in [0.3, 0.4) is 0 Å². The monoisotopic (exact) mass is 351 g/mol. The van der Waals surface area contributed by atoms with Crippen LogP contribution in [0.25, 0.3) is 0 Å². The fourth-order valence-corrected chi connectivity index (χ4v) is 3.65. The molecular weight excluding hydrogens is 330 g/mol. The molecule has 0 saturated carbocycles. The van der Waals surface area contributed by atoms with E-state index >= 15 is 0 Å². The number of aromatic amines is 1. The summed E-state index contributed by atoms with van der Waals surface area (Å²) >= 11 is 0. The van der Waals surface area contributed by atoms with Crippen molar-refractivity contribution in [1.29, 1.82) is 0 Å². The highest BCUT2D eigenvalue weighted by Gasteiger charge is 2.34. The van der Waals surface area contributed by atoms with Crippen molar-refractivity contribution in [2.45, 2.75) is 25.3 Å². The van der Waals surface area contributed by atoms with Gasteiger partial charge in [0.1, 0.15) is 5.82 Å². The van der Waals surface area contributed by atoms with Crippen LogP contribution >= 0.6 is 0 Å². The average molecular weight is 351 g/mol. The summed E-state index contributed by atoms with van der Waals surface area (Å²) in [5.41, 5.74) is 0.953. The van der Waals surface area contributed by atoms with Gasteiger partial charge in [-0.3, -0.25) is 9.59 Å². The van der Waals surface area contributed by atoms with E-state index in [1.807, 2.05) is 36.5 Å². The second kappa shape index (κ2) is 7.11. The molecule has 2 aliphatic heterocycles. The Balaban J connectivity index is 1.42. The number of rotatable bonds is 3. The minimum atomic E-state index is -0.162. The molecule has 1 aromatic carbocycles. The summed E-state index contributed by atoms with van der Waals surface area (Å²) in [6, 6.07) is 11.5. The first-order valence-electron chi connectivity index (χ1n) is 8.92. The number of hydrazone groups is 1.